The number of aromatic amines is 1. The Kier molecular flexibility index (Phi) is 1.70. The predicted molar refractivity (Wildman–Crippen MR) is 56.3 cm³/mol. The number of hydrogen-bond donors (Lipinski definition) is 2. The maximum Gasteiger partial charge on any atom is 0.352 e. The van der Waals surface area contributed by atoms with E-state index in [4.69, 9.17) is 5.11 Å². The van der Waals surface area contributed by atoms with Gasteiger partial charge in [0, 0.05) is 17.5 Å². The maximum absolute atomic E-state index is 10.8. The molecule has 0 saturated heterocycles. The standard InChI is InChI=1S/C10H8N2O2S/c13-10(14)8-3-6-7(12-8)2-1-5-4-11-15-9(5)6/h3-4,12H,1-2H2,(H,13,14). The highest BCUT2D eigenvalue weighted by Gasteiger charge is 2.22. The number of carboxylic acids is 1. The first kappa shape index (κ1) is 8.67. The van der Waals surface area contributed by atoms with Gasteiger partial charge in [-0.25, -0.2) is 9.17 Å². The number of H-pyrrole nitrogens is 1. The summed E-state index contributed by atoms with van der Waals surface area (Å²) in [6.07, 6.45) is 3.68. The molecule has 4 nitrogen and oxygen atoms in total. The number of carboxylic acid groups (broad SMARTS) is 1. The lowest BCUT2D eigenvalue weighted by Crippen LogP contribution is -2.00. The molecule has 0 amide bonds. The number of fused-ring (bicyclic) bond motifs is 3. The van der Waals surface area contributed by atoms with E-state index in [2.05, 4.69) is 9.36 Å². The normalized spacial score (nSPS) is 13.3. The average molecular weight is 220 g/mol. The molecule has 3 rings (SSSR count). The van der Waals surface area contributed by atoms with Crippen molar-refractivity contribution >= 4 is 17.5 Å². The molecule has 0 fully saturated rings. The first-order valence-corrected chi connectivity index (χ1v) is 5.42. The molecule has 0 radical (unpaired) electrons. The zero-order chi connectivity index (χ0) is 10.4. The summed E-state index contributed by atoms with van der Waals surface area (Å²) in [6.45, 7) is 0. The third kappa shape index (κ3) is 1.20. The second kappa shape index (κ2) is 2.93. The Bertz CT molecular complexity index is 541. The number of aryl methyl sites for hydroxylation is 2. The Hall–Kier alpha value is -1.62. The molecule has 2 aromatic rings. The van der Waals surface area contributed by atoms with Gasteiger partial charge in [-0.3, -0.25) is 0 Å². The predicted octanol–water partition coefficient (Wildman–Crippen LogP) is 1.93. The van der Waals surface area contributed by atoms with E-state index in [9.17, 15) is 4.79 Å². The summed E-state index contributed by atoms with van der Waals surface area (Å²) in [5, 5.41) is 8.89. The van der Waals surface area contributed by atoms with Crippen molar-refractivity contribution in [2.75, 3.05) is 0 Å². The van der Waals surface area contributed by atoms with Gasteiger partial charge in [0.2, 0.25) is 0 Å². The van der Waals surface area contributed by atoms with E-state index in [1.165, 1.54) is 17.1 Å². The van der Waals surface area contributed by atoms with E-state index < -0.39 is 5.97 Å². The molecule has 2 N–H and O–H groups in total. The molecule has 0 spiro atoms. The summed E-state index contributed by atoms with van der Waals surface area (Å²) >= 11 is 1.43. The minimum Gasteiger partial charge on any atom is -0.477 e. The summed E-state index contributed by atoms with van der Waals surface area (Å²) in [7, 11) is 0. The molecule has 1 aliphatic rings. The zero-order valence-electron chi connectivity index (χ0n) is 7.78. The minimum atomic E-state index is -0.907. The van der Waals surface area contributed by atoms with Gasteiger partial charge < -0.3 is 10.1 Å². The molecule has 0 atom stereocenters. The zero-order valence-corrected chi connectivity index (χ0v) is 8.60. The van der Waals surface area contributed by atoms with Crippen LogP contribution in [-0.2, 0) is 12.8 Å². The molecular weight excluding hydrogens is 212 g/mol. The van der Waals surface area contributed by atoms with Crippen molar-refractivity contribution in [1.29, 1.82) is 0 Å². The number of aromatic carboxylic acids is 1. The van der Waals surface area contributed by atoms with Crippen LogP contribution in [0, 0.1) is 0 Å². The van der Waals surface area contributed by atoms with E-state index in [0.29, 0.717) is 0 Å². The second-order valence-electron chi connectivity index (χ2n) is 3.56. The largest absolute Gasteiger partial charge is 0.477 e. The van der Waals surface area contributed by atoms with Gasteiger partial charge in [0.25, 0.3) is 0 Å². The molecule has 0 bridgehead atoms. The van der Waals surface area contributed by atoms with Gasteiger partial charge in [0.15, 0.2) is 0 Å². The van der Waals surface area contributed by atoms with Crippen LogP contribution in [0.3, 0.4) is 0 Å². The van der Waals surface area contributed by atoms with Crippen LogP contribution in [0.5, 0.6) is 0 Å². The third-order valence-electron chi connectivity index (χ3n) is 2.66. The molecule has 76 valence electrons. The highest BCUT2D eigenvalue weighted by Crippen LogP contribution is 2.36. The van der Waals surface area contributed by atoms with Gasteiger partial charge in [-0.2, -0.15) is 0 Å². The topological polar surface area (TPSA) is 66.0 Å². The Morgan fingerprint density at radius 3 is 3.20 bits per heavy atom. The van der Waals surface area contributed by atoms with Crippen LogP contribution < -0.4 is 0 Å². The molecule has 1 aliphatic carbocycles. The van der Waals surface area contributed by atoms with Gasteiger partial charge in [-0.15, -0.1) is 0 Å². The number of hydrogen-bond acceptors (Lipinski definition) is 3. The van der Waals surface area contributed by atoms with E-state index in [0.717, 1.165) is 29.0 Å². The van der Waals surface area contributed by atoms with Crippen molar-refractivity contribution in [1.82, 2.24) is 9.36 Å². The van der Waals surface area contributed by atoms with Crippen molar-refractivity contribution in [2.45, 2.75) is 12.8 Å². The smallest absolute Gasteiger partial charge is 0.352 e. The SMILES string of the molecule is O=C(O)c1cc2c([nH]1)CCc1cnsc1-2. The lowest BCUT2D eigenvalue weighted by molar-refractivity contribution is 0.0691. The van der Waals surface area contributed by atoms with Gasteiger partial charge in [0.1, 0.15) is 5.69 Å². The molecule has 5 heteroatoms. The van der Waals surface area contributed by atoms with Crippen LogP contribution in [0.2, 0.25) is 0 Å². The number of carbonyl (C=O) groups is 1. The van der Waals surface area contributed by atoms with Crippen molar-refractivity contribution in [2.24, 2.45) is 0 Å². The summed E-state index contributed by atoms with van der Waals surface area (Å²) in [5.41, 5.74) is 3.52. The Labute approximate surface area is 89.7 Å². The monoisotopic (exact) mass is 220 g/mol. The molecule has 15 heavy (non-hydrogen) atoms. The molecule has 0 unspecified atom stereocenters. The highest BCUT2D eigenvalue weighted by atomic mass is 32.1. The van der Waals surface area contributed by atoms with Gasteiger partial charge in [-0.1, -0.05) is 0 Å². The van der Waals surface area contributed by atoms with Crippen LogP contribution in [0.15, 0.2) is 12.3 Å². The lowest BCUT2D eigenvalue weighted by atomic mass is 9.98. The van der Waals surface area contributed by atoms with Crippen molar-refractivity contribution in [3.05, 3.63) is 29.2 Å². The van der Waals surface area contributed by atoms with Gasteiger partial charge in [-0.05, 0) is 36.0 Å². The van der Waals surface area contributed by atoms with E-state index in [-0.39, 0.29) is 5.69 Å². The van der Waals surface area contributed by atoms with Crippen LogP contribution >= 0.6 is 11.5 Å². The number of nitrogens with zero attached hydrogens (tertiary/aromatic N) is 1. The third-order valence-corrected chi connectivity index (χ3v) is 3.54. The fraction of sp³-hybridized carbons (Fsp3) is 0.200. The van der Waals surface area contributed by atoms with E-state index in [1.807, 2.05) is 6.20 Å². The van der Waals surface area contributed by atoms with Crippen LogP contribution in [0.25, 0.3) is 10.4 Å². The molecule has 2 heterocycles. The Balaban J connectivity index is 2.20. The minimum absolute atomic E-state index is 0.265. The maximum atomic E-state index is 10.8. The molecule has 0 aliphatic heterocycles. The van der Waals surface area contributed by atoms with Crippen LogP contribution in [0.1, 0.15) is 21.7 Å². The Morgan fingerprint density at radius 2 is 2.40 bits per heavy atom. The summed E-state index contributed by atoms with van der Waals surface area (Å²) < 4.78 is 4.14. The summed E-state index contributed by atoms with van der Waals surface area (Å²) in [6, 6.07) is 1.70. The first-order valence-electron chi connectivity index (χ1n) is 4.65. The lowest BCUT2D eigenvalue weighted by Gasteiger charge is -2.09. The number of nitrogens with one attached hydrogen (secondary N) is 1. The molecule has 0 aromatic carbocycles. The second-order valence-corrected chi connectivity index (χ2v) is 4.36. The quantitative estimate of drug-likeness (QED) is 0.771. The van der Waals surface area contributed by atoms with Crippen LogP contribution in [-0.4, -0.2) is 20.4 Å². The van der Waals surface area contributed by atoms with Crippen molar-refractivity contribution in [3.8, 4) is 10.4 Å². The van der Waals surface area contributed by atoms with E-state index in [1.54, 1.807) is 6.07 Å². The van der Waals surface area contributed by atoms with Crippen LogP contribution in [0.4, 0.5) is 0 Å². The van der Waals surface area contributed by atoms with Crippen molar-refractivity contribution in [3.63, 3.8) is 0 Å². The summed E-state index contributed by atoms with van der Waals surface area (Å²) in [4.78, 5) is 14.9. The first-order chi connectivity index (χ1) is 7.25. The fourth-order valence-corrected chi connectivity index (χ4v) is 2.77. The van der Waals surface area contributed by atoms with E-state index >= 15 is 0 Å². The highest BCUT2D eigenvalue weighted by molar-refractivity contribution is 7.09. The Morgan fingerprint density at radius 1 is 1.53 bits per heavy atom. The molecular formula is C10H8N2O2S. The number of aromatic nitrogens is 2. The average Bonchev–Trinajstić information content (AvgIpc) is 2.82. The van der Waals surface area contributed by atoms with Gasteiger partial charge in [0.05, 0.1) is 4.88 Å². The number of rotatable bonds is 1. The fourth-order valence-electron chi connectivity index (χ4n) is 1.93. The van der Waals surface area contributed by atoms with Gasteiger partial charge >= 0.3 is 5.97 Å². The molecule has 0 saturated carbocycles. The van der Waals surface area contributed by atoms with Crippen molar-refractivity contribution < 1.29 is 9.90 Å². The summed E-state index contributed by atoms with van der Waals surface area (Å²) in [5.74, 6) is -0.907. The molecule has 2 aromatic heterocycles.